The van der Waals surface area contributed by atoms with E-state index in [-0.39, 0.29) is 11.7 Å². The van der Waals surface area contributed by atoms with E-state index in [1.807, 2.05) is 34.9 Å². The molecule has 2 atom stereocenters. The number of para-hydroxylation sites is 1. The highest BCUT2D eigenvalue weighted by atomic mass is 35.5. The van der Waals surface area contributed by atoms with Crippen LogP contribution in [0.2, 0.25) is 5.02 Å². The van der Waals surface area contributed by atoms with Crippen LogP contribution in [0, 0.1) is 0 Å². The smallest absolute Gasteiger partial charge is 0.268 e. The predicted octanol–water partition coefficient (Wildman–Crippen LogP) is 4.19. The molecule has 0 aliphatic rings. The molecule has 0 aliphatic carbocycles. The van der Waals surface area contributed by atoms with Crippen molar-refractivity contribution in [2.24, 2.45) is 5.73 Å². The van der Waals surface area contributed by atoms with E-state index in [9.17, 15) is 9.90 Å². The van der Waals surface area contributed by atoms with Crippen LogP contribution in [0.15, 0.2) is 59.4 Å². The van der Waals surface area contributed by atoms with Crippen molar-refractivity contribution >= 4 is 28.6 Å². The Kier molecular flexibility index (Phi) is 5.57. The van der Waals surface area contributed by atoms with Gasteiger partial charge in [-0.3, -0.25) is 4.79 Å². The number of hydrogen-bond acceptors (Lipinski definition) is 5. The highest BCUT2D eigenvalue weighted by Crippen LogP contribution is 2.33. The molecular weight excluding hydrogens is 404 g/mol. The first kappa shape index (κ1) is 20.1. The average Bonchev–Trinajstić information content (AvgIpc) is 3.36. The number of fused-ring (bicyclic) bond motifs is 1. The van der Waals surface area contributed by atoms with E-state index in [2.05, 4.69) is 4.98 Å². The second-order valence-corrected chi connectivity index (χ2v) is 7.67. The zero-order valence-electron chi connectivity index (χ0n) is 16.3. The van der Waals surface area contributed by atoms with Crippen molar-refractivity contribution in [3.05, 3.63) is 71.3 Å². The molecule has 0 aliphatic heterocycles. The molecule has 1 amide bonds. The van der Waals surface area contributed by atoms with Crippen LogP contribution in [0.5, 0.6) is 0 Å². The van der Waals surface area contributed by atoms with Crippen molar-refractivity contribution < 1.29 is 14.3 Å². The molecule has 0 spiro atoms. The summed E-state index contributed by atoms with van der Waals surface area (Å²) in [5.41, 5.74) is 8.64. The number of carbonyl (C=O) groups is 1. The summed E-state index contributed by atoms with van der Waals surface area (Å²) in [6, 6.07) is 12.8. The molecule has 3 N–H and O–H groups in total. The molecule has 2 heterocycles. The number of primary amides is 1. The van der Waals surface area contributed by atoms with Crippen LogP contribution in [-0.4, -0.2) is 31.7 Å². The standard InChI is InChI=1S/C22H21ClN4O3/c1-13(28)5-10-18(27-11-17(21(24)29)25-12-27)16-3-2-4-19-20(16)26-22(30-19)14-6-8-15(23)9-7-14/h2-4,6-9,11-13,18,28H,5,10H2,1H3,(H2,24,29)/t13-,18?/m0/s1. The van der Waals surface area contributed by atoms with Gasteiger partial charge in [0.25, 0.3) is 5.91 Å². The number of aromatic nitrogens is 3. The van der Waals surface area contributed by atoms with Crippen molar-refractivity contribution in [3.63, 3.8) is 0 Å². The monoisotopic (exact) mass is 424 g/mol. The quantitative estimate of drug-likeness (QED) is 0.462. The second kappa shape index (κ2) is 8.30. The third kappa shape index (κ3) is 4.08. The van der Waals surface area contributed by atoms with Gasteiger partial charge >= 0.3 is 0 Å². The Labute approximate surface area is 178 Å². The molecule has 0 saturated heterocycles. The van der Waals surface area contributed by atoms with Crippen molar-refractivity contribution in [1.29, 1.82) is 0 Å². The number of carbonyl (C=O) groups excluding carboxylic acids is 1. The van der Waals surface area contributed by atoms with E-state index in [0.29, 0.717) is 34.9 Å². The highest BCUT2D eigenvalue weighted by molar-refractivity contribution is 6.30. The molecule has 4 aromatic rings. The van der Waals surface area contributed by atoms with Gasteiger partial charge in [0.15, 0.2) is 5.58 Å². The molecular formula is C22H21ClN4O3. The van der Waals surface area contributed by atoms with Gasteiger partial charge in [0.2, 0.25) is 5.89 Å². The maximum absolute atomic E-state index is 11.5. The van der Waals surface area contributed by atoms with Crippen LogP contribution in [0.4, 0.5) is 0 Å². The third-order valence-corrected chi connectivity index (χ3v) is 5.22. The molecule has 1 unspecified atom stereocenters. The number of aliphatic hydroxyl groups excluding tert-OH is 1. The minimum Gasteiger partial charge on any atom is -0.436 e. The molecule has 154 valence electrons. The first-order valence-electron chi connectivity index (χ1n) is 9.59. The van der Waals surface area contributed by atoms with Gasteiger partial charge in [-0.1, -0.05) is 23.7 Å². The highest BCUT2D eigenvalue weighted by Gasteiger charge is 2.22. The molecule has 0 saturated carbocycles. The Balaban J connectivity index is 1.79. The van der Waals surface area contributed by atoms with Gasteiger partial charge in [-0.2, -0.15) is 0 Å². The first-order valence-corrected chi connectivity index (χ1v) is 9.97. The van der Waals surface area contributed by atoms with E-state index in [0.717, 1.165) is 11.1 Å². The van der Waals surface area contributed by atoms with E-state index < -0.39 is 12.0 Å². The number of oxazole rings is 1. The summed E-state index contributed by atoms with van der Waals surface area (Å²) >= 11 is 5.98. The zero-order chi connectivity index (χ0) is 21.3. The molecule has 2 aromatic heterocycles. The van der Waals surface area contributed by atoms with Crippen LogP contribution < -0.4 is 5.73 Å². The first-order chi connectivity index (χ1) is 14.4. The third-order valence-electron chi connectivity index (χ3n) is 4.97. The lowest BCUT2D eigenvalue weighted by Crippen LogP contribution is -2.14. The van der Waals surface area contributed by atoms with E-state index in [1.54, 1.807) is 31.6 Å². The van der Waals surface area contributed by atoms with Gasteiger partial charge in [-0.25, -0.2) is 9.97 Å². The molecule has 4 rings (SSSR count). The number of rotatable bonds is 7. The van der Waals surface area contributed by atoms with Gasteiger partial charge in [0.1, 0.15) is 11.2 Å². The van der Waals surface area contributed by atoms with Crippen molar-refractivity contribution in [3.8, 4) is 11.5 Å². The minimum atomic E-state index is -0.590. The number of nitrogens with zero attached hydrogens (tertiary/aromatic N) is 3. The van der Waals surface area contributed by atoms with E-state index >= 15 is 0 Å². The van der Waals surface area contributed by atoms with Gasteiger partial charge in [-0.15, -0.1) is 0 Å². The van der Waals surface area contributed by atoms with E-state index in [1.165, 1.54) is 0 Å². The normalized spacial score (nSPS) is 13.4. The topological polar surface area (TPSA) is 107 Å². The number of hydrogen-bond donors (Lipinski definition) is 2. The number of halogens is 1. The van der Waals surface area contributed by atoms with Crippen molar-refractivity contribution in [2.75, 3.05) is 0 Å². The Morgan fingerprint density at radius 2 is 2.00 bits per heavy atom. The molecule has 0 fully saturated rings. The summed E-state index contributed by atoms with van der Waals surface area (Å²) in [5.74, 6) is -0.0976. The number of benzene rings is 2. The number of aliphatic hydroxyl groups is 1. The fourth-order valence-electron chi connectivity index (χ4n) is 3.45. The molecule has 30 heavy (non-hydrogen) atoms. The Bertz CT molecular complexity index is 1180. The summed E-state index contributed by atoms with van der Waals surface area (Å²) in [6.45, 7) is 1.75. The Morgan fingerprint density at radius 1 is 1.23 bits per heavy atom. The molecule has 8 heteroatoms. The fraction of sp³-hybridized carbons (Fsp3) is 0.227. The Hall–Kier alpha value is -3.16. The predicted molar refractivity (Wildman–Crippen MR) is 114 cm³/mol. The molecule has 0 bridgehead atoms. The van der Waals surface area contributed by atoms with Crippen LogP contribution in [-0.2, 0) is 0 Å². The summed E-state index contributed by atoms with van der Waals surface area (Å²) in [7, 11) is 0. The average molecular weight is 425 g/mol. The maximum atomic E-state index is 11.5. The number of imidazole rings is 1. The lowest BCUT2D eigenvalue weighted by molar-refractivity contribution is 0.0996. The van der Waals surface area contributed by atoms with Crippen molar-refractivity contribution in [2.45, 2.75) is 31.9 Å². The Morgan fingerprint density at radius 3 is 2.67 bits per heavy atom. The molecule has 0 radical (unpaired) electrons. The fourth-order valence-corrected chi connectivity index (χ4v) is 3.58. The number of amides is 1. The summed E-state index contributed by atoms with van der Waals surface area (Å²) in [6.07, 6.45) is 3.91. The van der Waals surface area contributed by atoms with Gasteiger partial charge < -0.3 is 19.8 Å². The van der Waals surface area contributed by atoms with Crippen LogP contribution in [0.25, 0.3) is 22.6 Å². The maximum Gasteiger partial charge on any atom is 0.268 e. The van der Waals surface area contributed by atoms with Gasteiger partial charge in [-0.05, 0) is 50.1 Å². The second-order valence-electron chi connectivity index (χ2n) is 7.23. The zero-order valence-corrected chi connectivity index (χ0v) is 17.1. The number of nitrogens with two attached hydrogens (primary N) is 1. The lowest BCUT2D eigenvalue weighted by atomic mass is 9.99. The molecule has 2 aromatic carbocycles. The largest absolute Gasteiger partial charge is 0.436 e. The minimum absolute atomic E-state index is 0.186. The lowest BCUT2D eigenvalue weighted by Gasteiger charge is -2.20. The van der Waals surface area contributed by atoms with Crippen molar-refractivity contribution in [1.82, 2.24) is 14.5 Å². The van der Waals surface area contributed by atoms with Crippen LogP contribution in [0.3, 0.4) is 0 Å². The van der Waals surface area contributed by atoms with Gasteiger partial charge in [0.05, 0.1) is 18.5 Å². The summed E-state index contributed by atoms with van der Waals surface area (Å²) < 4.78 is 7.81. The van der Waals surface area contributed by atoms with Crippen LogP contribution in [0.1, 0.15) is 41.9 Å². The SMILES string of the molecule is C[C@H](O)CCC(c1cccc2oc(-c3ccc(Cl)cc3)nc12)n1cnc(C(N)=O)c1. The van der Waals surface area contributed by atoms with Crippen LogP contribution >= 0.6 is 11.6 Å². The van der Waals surface area contributed by atoms with Gasteiger partial charge in [0, 0.05) is 22.3 Å². The van der Waals surface area contributed by atoms with E-state index in [4.69, 9.17) is 26.7 Å². The summed E-state index contributed by atoms with van der Waals surface area (Å²) in [4.78, 5) is 20.3. The summed E-state index contributed by atoms with van der Waals surface area (Å²) in [5, 5.41) is 10.5. The molecule has 7 nitrogen and oxygen atoms in total.